The van der Waals surface area contributed by atoms with Gasteiger partial charge in [-0.1, -0.05) is 6.07 Å². The smallest absolute Gasteiger partial charge is 0.165 e. The predicted molar refractivity (Wildman–Crippen MR) is 66.8 cm³/mol. The second kappa shape index (κ2) is 4.76. The number of ether oxygens (including phenoxy) is 1. The quantitative estimate of drug-likeness (QED) is 0.821. The van der Waals surface area contributed by atoms with Crippen LogP contribution in [-0.2, 0) is 0 Å². The fourth-order valence-electron chi connectivity index (χ4n) is 1.50. The van der Waals surface area contributed by atoms with Crippen molar-refractivity contribution in [1.29, 1.82) is 5.26 Å². The van der Waals surface area contributed by atoms with E-state index in [-0.39, 0.29) is 11.5 Å². The van der Waals surface area contributed by atoms with Crippen LogP contribution in [0.1, 0.15) is 11.1 Å². The van der Waals surface area contributed by atoms with Crippen molar-refractivity contribution >= 4 is 5.69 Å². The summed E-state index contributed by atoms with van der Waals surface area (Å²) in [5.41, 5.74) is 7.37. The molecule has 90 valence electrons. The van der Waals surface area contributed by atoms with Gasteiger partial charge in [-0.05, 0) is 36.8 Å². The molecule has 0 aliphatic rings. The van der Waals surface area contributed by atoms with Gasteiger partial charge in [-0.2, -0.15) is 5.26 Å². The van der Waals surface area contributed by atoms with E-state index in [9.17, 15) is 4.39 Å². The molecule has 0 spiro atoms. The Kier molecular flexibility index (Phi) is 3.16. The molecule has 18 heavy (non-hydrogen) atoms. The van der Waals surface area contributed by atoms with Crippen LogP contribution in [0, 0.1) is 24.1 Å². The zero-order chi connectivity index (χ0) is 13.1. The van der Waals surface area contributed by atoms with Crippen molar-refractivity contribution in [3.63, 3.8) is 0 Å². The van der Waals surface area contributed by atoms with Crippen LogP contribution in [0.4, 0.5) is 10.1 Å². The van der Waals surface area contributed by atoms with Crippen molar-refractivity contribution in [1.82, 2.24) is 0 Å². The van der Waals surface area contributed by atoms with E-state index in [0.717, 1.165) is 5.56 Å². The maximum Gasteiger partial charge on any atom is 0.165 e. The third-order valence-corrected chi connectivity index (χ3v) is 2.45. The van der Waals surface area contributed by atoms with E-state index in [4.69, 9.17) is 15.7 Å². The number of anilines is 1. The second-order valence-corrected chi connectivity index (χ2v) is 3.90. The van der Waals surface area contributed by atoms with Gasteiger partial charge in [0.25, 0.3) is 0 Å². The lowest BCUT2D eigenvalue weighted by Crippen LogP contribution is -1.95. The Hall–Kier alpha value is -2.54. The molecule has 0 aromatic heterocycles. The number of nitriles is 1. The topological polar surface area (TPSA) is 59.0 Å². The van der Waals surface area contributed by atoms with Gasteiger partial charge in [-0.3, -0.25) is 0 Å². The van der Waals surface area contributed by atoms with E-state index in [1.165, 1.54) is 12.1 Å². The Labute approximate surface area is 104 Å². The van der Waals surface area contributed by atoms with Crippen LogP contribution in [0.2, 0.25) is 0 Å². The number of benzene rings is 2. The first-order chi connectivity index (χ1) is 8.60. The van der Waals surface area contributed by atoms with Gasteiger partial charge in [0.05, 0.1) is 17.3 Å². The molecule has 0 aliphatic carbocycles. The summed E-state index contributed by atoms with van der Waals surface area (Å²) in [4.78, 5) is 0. The molecular formula is C14H11FN2O. The minimum Gasteiger partial charge on any atom is -0.452 e. The standard InChI is InChI=1S/C14H11FN2O/c1-9-2-4-11(15)13(6-9)18-14-7-10(8-16)3-5-12(14)17/h2-7H,17H2,1H3. The Bertz CT molecular complexity index is 632. The van der Waals surface area contributed by atoms with Gasteiger partial charge in [0.1, 0.15) is 0 Å². The normalized spacial score (nSPS) is 9.83. The molecule has 0 saturated carbocycles. The van der Waals surface area contributed by atoms with Crippen LogP contribution in [0.3, 0.4) is 0 Å². The van der Waals surface area contributed by atoms with E-state index in [1.54, 1.807) is 24.3 Å². The lowest BCUT2D eigenvalue weighted by Gasteiger charge is -2.10. The van der Waals surface area contributed by atoms with Crippen molar-refractivity contribution in [2.75, 3.05) is 5.73 Å². The number of nitrogens with zero attached hydrogens (tertiary/aromatic N) is 1. The fourth-order valence-corrected chi connectivity index (χ4v) is 1.50. The van der Waals surface area contributed by atoms with E-state index in [1.807, 2.05) is 13.0 Å². The molecule has 0 unspecified atom stereocenters. The molecule has 2 aromatic carbocycles. The molecule has 0 amide bonds. The Morgan fingerprint density at radius 2 is 1.94 bits per heavy atom. The number of halogens is 1. The summed E-state index contributed by atoms with van der Waals surface area (Å²) in [5.74, 6) is -0.0994. The van der Waals surface area contributed by atoms with Crippen molar-refractivity contribution in [3.05, 3.63) is 53.3 Å². The molecule has 2 N–H and O–H groups in total. The molecule has 0 radical (unpaired) electrons. The van der Waals surface area contributed by atoms with E-state index < -0.39 is 5.82 Å². The van der Waals surface area contributed by atoms with Crippen molar-refractivity contribution in [2.45, 2.75) is 6.92 Å². The molecule has 4 heteroatoms. The van der Waals surface area contributed by atoms with Crippen LogP contribution in [0.15, 0.2) is 36.4 Å². The molecule has 2 aromatic rings. The lowest BCUT2D eigenvalue weighted by molar-refractivity contribution is 0.443. The Balaban J connectivity index is 2.39. The highest BCUT2D eigenvalue weighted by Crippen LogP contribution is 2.30. The summed E-state index contributed by atoms with van der Waals surface area (Å²) < 4.78 is 19.0. The van der Waals surface area contributed by atoms with Gasteiger partial charge < -0.3 is 10.5 Å². The largest absolute Gasteiger partial charge is 0.452 e. The van der Waals surface area contributed by atoms with E-state index in [2.05, 4.69) is 0 Å². The predicted octanol–water partition coefficient (Wildman–Crippen LogP) is 3.38. The maximum absolute atomic E-state index is 13.5. The van der Waals surface area contributed by atoms with Crippen LogP contribution >= 0.6 is 0 Å². The summed E-state index contributed by atoms with van der Waals surface area (Å²) in [7, 11) is 0. The lowest BCUT2D eigenvalue weighted by atomic mass is 10.2. The SMILES string of the molecule is Cc1ccc(F)c(Oc2cc(C#N)ccc2N)c1. The summed E-state index contributed by atoms with van der Waals surface area (Å²) >= 11 is 0. The third kappa shape index (κ3) is 2.41. The molecule has 0 aliphatic heterocycles. The monoisotopic (exact) mass is 242 g/mol. The minimum atomic E-state index is -0.470. The number of nitrogen functional groups attached to an aromatic ring is 1. The highest BCUT2D eigenvalue weighted by atomic mass is 19.1. The van der Waals surface area contributed by atoms with Crippen LogP contribution in [-0.4, -0.2) is 0 Å². The van der Waals surface area contributed by atoms with Crippen molar-refractivity contribution < 1.29 is 9.13 Å². The highest BCUT2D eigenvalue weighted by molar-refractivity contribution is 5.57. The zero-order valence-electron chi connectivity index (χ0n) is 9.77. The van der Waals surface area contributed by atoms with Gasteiger partial charge in [-0.15, -0.1) is 0 Å². The fraction of sp³-hybridized carbons (Fsp3) is 0.0714. The van der Waals surface area contributed by atoms with Gasteiger partial charge in [0, 0.05) is 6.07 Å². The highest BCUT2D eigenvalue weighted by Gasteiger charge is 2.08. The van der Waals surface area contributed by atoms with Gasteiger partial charge in [0.15, 0.2) is 17.3 Å². The molecule has 0 heterocycles. The summed E-state index contributed by atoms with van der Waals surface area (Å²) in [6.45, 7) is 1.83. The zero-order valence-corrected chi connectivity index (χ0v) is 9.77. The molecule has 0 atom stereocenters. The first-order valence-electron chi connectivity index (χ1n) is 5.34. The number of rotatable bonds is 2. The Morgan fingerprint density at radius 1 is 1.17 bits per heavy atom. The van der Waals surface area contributed by atoms with Crippen molar-refractivity contribution in [3.8, 4) is 17.6 Å². The van der Waals surface area contributed by atoms with E-state index in [0.29, 0.717) is 11.3 Å². The van der Waals surface area contributed by atoms with Gasteiger partial charge in [0.2, 0.25) is 0 Å². The van der Waals surface area contributed by atoms with Crippen LogP contribution < -0.4 is 10.5 Å². The van der Waals surface area contributed by atoms with E-state index >= 15 is 0 Å². The summed E-state index contributed by atoms with van der Waals surface area (Å²) in [6.07, 6.45) is 0. The van der Waals surface area contributed by atoms with Gasteiger partial charge in [-0.25, -0.2) is 4.39 Å². The minimum absolute atomic E-state index is 0.0942. The van der Waals surface area contributed by atoms with Crippen LogP contribution in [0.25, 0.3) is 0 Å². The summed E-state index contributed by atoms with van der Waals surface area (Å²) in [6, 6.07) is 11.2. The number of hydrogen-bond acceptors (Lipinski definition) is 3. The molecular weight excluding hydrogens is 231 g/mol. The molecule has 0 saturated heterocycles. The molecule has 0 fully saturated rings. The average Bonchev–Trinajstić information content (AvgIpc) is 2.36. The third-order valence-electron chi connectivity index (χ3n) is 2.45. The molecule has 0 bridgehead atoms. The first kappa shape index (κ1) is 11.9. The molecule has 3 nitrogen and oxygen atoms in total. The number of hydrogen-bond donors (Lipinski definition) is 1. The summed E-state index contributed by atoms with van der Waals surface area (Å²) in [5, 5.41) is 8.80. The first-order valence-corrected chi connectivity index (χ1v) is 5.34. The average molecular weight is 242 g/mol. The maximum atomic E-state index is 13.5. The number of nitrogens with two attached hydrogens (primary N) is 1. The van der Waals surface area contributed by atoms with Gasteiger partial charge >= 0.3 is 0 Å². The second-order valence-electron chi connectivity index (χ2n) is 3.90. The Morgan fingerprint density at radius 3 is 2.67 bits per heavy atom. The molecule has 2 rings (SSSR count). The van der Waals surface area contributed by atoms with Crippen molar-refractivity contribution in [2.24, 2.45) is 0 Å². The number of aryl methyl sites for hydroxylation is 1. The van der Waals surface area contributed by atoms with Crippen LogP contribution in [0.5, 0.6) is 11.5 Å².